The number of hydrogen-bond donors (Lipinski definition) is 1. The van der Waals surface area contributed by atoms with Crippen LogP contribution in [-0.2, 0) is 0 Å². The fraction of sp³-hybridized carbons (Fsp3) is 0.714. The summed E-state index contributed by atoms with van der Waals surface area (Å²) in [5.41, 5.74) is 1.13. The molecule has 0 aromatic carbocycles. The van der Waals surface area contributed by atoms with Crippen LogP contribution in [0.5, 0.6) is 0 Å². The Morgan fingerprint density at radius 2 is 2.06 bits per heavy atom. The number of hydrogen-bond acceptors (Lipinski definition) is 4. The lowest BCUT2D eigenvalue weighted by atomic mass is 10.0. The SMILES string of the molecule is CCNC1CCN(c2cc(C(C)C)ncn2)CC1. The van der Waals surface area contributed by atoms with Gasteiger partial charge in [-0.05, 0) is 25.3 Å². The number of nitrogens with one attached hydrogen (secondary N) is 1. The van der Waals surface area contributed by atoms with E-state index >= 15 is 0 Å². The van der Waals surface area contributed by atoms with E-state index in [1.807, 2.05) is 0 Å². The fourth-order valence-corrected chi connectivity index (χ4v) is 2.45. The first-order chi connectivity index (χ1) is 8.70. The molecule has 0 radical (unpaired) electrons. The van der Waals surface area contributed by atoms with Crippen LogP contribution in [0.4, 0.5) is 5.82 Å². The first kappa shape index (κ1) is 13.3. The molecule has 1 aromatic heterocycles. The number of rotatable bonds is 4. The Balaban J connectivity index is 1.98. The van der Waals surface area contributed by atoms with Crippen molar-refractivity contribution < 1.29 is 0 Å². The average Bonchev–Trinajstić information content (AvgIpc) is 2.40. The summed E-state index contributed by atoms with van der Waals surface area (Å²) in [6.45, 7) is 9.76. The third-order valence-corrected chi connectivity index (χ3v) is 3.58. The molecule has 0 saturated carbocycles. The van der Waals surface area contributed by atoms with Gasteiger partial charge in [0.25, 0.3) is 0 Å². The maximum Gasteiger partial charge on any atom is 0.132 e. The van der Waals surface area contributed by atoms with E-state index in [0.717, 1.165) is 31.1 Å². The van der Waals surface area contributed by atoms with Gasteiger partial charge in [-0.3, -0.25) is 0 Å². The standard InChI is InChI=1S/C14H24N4/c1-4-15-12-5-7-18(8-6-12)14-9-13(11(2)3)16-10-17-14/h9-12,15H,4-8H2,1-3H3. The highest BCUT2D eigenvalue weighted by Gasteiger charge is 2.19. The Morgan fingerprint density at radius 1 is 1.33 bits per heavy atom. The molecule has 2 rings (SSSR count). The summed E-state index contributed by atoms with van der Waals surface area (Å²) in [6, 6.07) is 2.82. The van der Waals surface area contributed by atoms with Gasteiger partial charge in [-0.25, -0.2) is 9.97 Å². The van der Waals surface area contributed by atoms with Crippen molar-refractivity contribution in [2.45, 2.75) is 45.6 Å². The number of piperidine rings is 1. The van der Waals surface area contributed by atoms with Crippen molar-refractivity contribution in [2.75, 3.05) is 24.5 Å². The zero-order valence-corrected chi connectivity index (χ0v) is 11.7. The maximum atomic E-state index is 4.41. The molecule has 1 fully saturated rings. The molecular formula is C14H24N4. The molecule has 4 heteroatoms. The fourth-order valence-electron chi connectivity index (χ4n) is 2.45. The Bertz CT molecular complexity index is 370. The lowest BCUT2D eigenvalue weighted by Crippen LogP contribution is -2.42. The molecule has 0 aliphatic carbocycles. The van der Waals surface area contributed by atoms with E-state index in [0.29, 0.717) is 12.0 Å². The zero-order valence-electron chi connectivity index (χ0n) is 11.7. The van der Waals surface area contributed by atoms with E-state index in [1.165, 1.54) is 12.8 Å². The Kier molecular flexibility index (Phi) is 4.53. The minimum Gasteiger partial charge on any atom is -0.356 e. The molecule has 18 heavy (non-hydrogen) atoms. The number of nitrogens with zero attached hydrogens (tertiary/aromatic N) is 3. The highest BCUT2D eigenvalue weighted by molar-refractivity contribution is 5.40. The summed E-state index contributed by atoms with van der Waals surface area (Å²) in [6.07, 6.45) is 4.10. The van der Waals surface area contributed by atoms with E-state index < -0.39 is 0 Å². The first-order valence-electron chi connectivity index (χ1n) is 7.01. The monoisotopic (exact) mass is 248 g/mol. The molecular weight excluding hydrogens is 224 g/mol. The van der Waals surface area contributed by atoms with Crippen molar-refractivity contribution in [3.8, 4) is 0 Å². The van der Waals surface area contributed by atoms with E-state index in [1.54, 1.807) is 6.33 Å². The van der Waals surface area contributed by atoms with Crippen molar-refractivity contribution in [1.82, 2.24) is 15.3 Å². The van der Waals surface area contributed by atoms with Crippen LogP contribution in [0.2, 0.25) is 0 Å². The summed E-state index contributed by atoms with van der Waals surface area (Å²) >= 11 is 0. The summed E-state index contributed by atoms with van der Waals surface area (Å²) in [5.74, 6) is 1.55. The van der Waals surface area contributed by atoms with Crippen LogP contribution in [0, 0.1) is 0 Å². The Hall–Kier alpha value is -1.16. The third-order valence-electron chi connectivity index (χ3n) is 3.58. The summed E-state index contributed by atoms with van der Waals surface area (Å²) in [7, 11) is 0. The van der Waals surface area contributed by atoms with Gasteiger partial charge >= 0.3 is 0 Å². The predicted octanol–water partition coefficient (Wildman–Crippen LogP) is 2.18. The highest BCUT2D eigenvalue weighted by atomic mass is 15.2. The number of anilines is 1. The van der Waals surface area contributed by atoms with E-state index in [2.05, 4.69) is 47.0 Å². The van der Waals surface area contributed by atoms with Gasteiger partial charge in [0.2, 0.25) is 0 Å². The van der Waals surface area contributed by atoms with Crippen molar-refractivity contribution >= 4 is 5.82 Å². The molecule has 2 heterocycles. The molecule has 0 amide bonds. The molecule has 1 N–H and O–H groups in total. The van der Waals surface area contributed by atoms with Crippen LogP contribution in [0.3, 0.4) is 0 Å². The van der Waals surface area contributed by atoms with Crippen LogP contribution >= 0.6 is 0 Å². The second-order valence-corrected chi connectivity index (χ2v) is 5.27. The number of aromatic nitrogens is 2. The smallest absolute Gasteiger partial charge is 0.132 e. The molecule has 0 spiro atoms. The van der Waals surface area contributed by atoms with Crippen LogP contribution in [0.25, 0.3) is 0 Å². The van der Waals surface area contributed by atoms with Gasteiger partial charge in [-0.15, -0.1) is 0 Å². The Morgan fingerprint density at radius 3 is 2.67 bits per heavy atom. The molecule has 0 atom stereocenters. The van der Waals surface area contributed by atoms with Crippen molar-refractivity contribution in [3.05, 3.63) is 18.1 Å². The minimum atomic E-state index is 0.464. The van der Waals surface area contributed by atoms with E-state index in [4.69, 9.17) is 0 Å². The molecule has 0 unspecified atom stereocenters. The molecule has 1 aliphatic rings. The van der Waals surface area contributed by atoms with Gasteiger partial charge in [0.05, 0.1) is 0 Å². The van der Waals surface area contributed by atoms with E-state index in [9.17, 15) is 0 Å². The van der Waals surface area contributed by atoms with Gasteiger partial charge in [-0.1, -0.05) is 20.8 Å². The van der Waals surface area contributed by atoms with Gasteiger partial charge < -0.3 is 10.2 Å². The quantitative estimate of drug-likeness (QED) is 0.886. The van der Waals surface area contributed by atoms with Crippen LogP contribution in [-0.4, -0.2) is 35.6 Å². The normalized spacial score (nSPS) is 17.4. The van der Waals surface area contributed by atoms with Crippen molar-refractivity contribution in [2.24, 2.45) is 0 Å². The topological polar surface area (TPSA) is 41.0 Å². The summed E-state index contributed by atoms with van der Waals surface area (Å²) in [5, 5.41) is 3.53. The molecule has 1 saturated heterocycles. The Labute approximate surface area is 110 Å². The van der Waals surface area contributed by atoms with Gasteiger partial charge in [0, 0.05) is 30.9 Å². The lowest BCUT2D eigenvalue weighted by molar-refractivity contribution is 0.422. The minimum absolute atomic E-state index is 0.464. The average molecular weight is 248 g/mol. The van der Waals surface area contributed by atoms with Gasteiger partial charge in [0.1, 0.15) is 12.1 Å². The van der Waals surface area contributed by atoms with Crippen molar-refractivity contribution in [1.29, 1.82) is 0 Å². The molecule has 1 aliphatic heterocycles. The summed E-state index contributed by atoms with van der Waals surface area (Å²) < 4.78 is 0. The van der Waals surface area contributed by atoms with Gasteiger partial charge in [0.15, 0.2) is 0 Å². The van der Waals surface area contributed by atoms with Crippen molar-refractivity contribution in [3.63, 3.8) is 0 Å². The lowest BCUT2D eigenvalue weighted by Gasteiger charge is -2.33. The second kappa shape index (κ2) is 6.14. The van der Waals surface area contributed by atoms with E-state index in [-0.39, 0.29) is 0 Å². The van der Waals surface area contributed by atoms with Gasteiger partial charge in [-0.2, -0.15) is 0 Å². The molecule has 100 valence electrons. The molecule has 0 bridgehead atoms. The molecule has 1 aromatic rings. The highest BCUT2D eigenvalue weighted by Crippen LogP contribution is 2.20. The zero-order chi connectivity index (χ0) is 13.0. The second-order valence-electron chi connectivity index (χ2n) is 5.27. The predicted molar refractivity (Wildman–Crippen MR) is 75.0 cm³/mol. The summed E-state index contributed by atoms with van der Waals surface area (Å²) in [4.78, 5) is 11.1. The third kappa shape index (κ3) is 3.19. The van der Waals surface area contributed by atoms with Crippen LogP contribution in [0.15, 0.2) is 12.4 Å². The molecule has 4 nitrogen and oxygen atoms in total. The largest absolute Gasteiger partial charge is 0.356 e. The van der Waals surface area contributed by atoms with Crippen LogP contribution in [0.1, 0.15) is 45.2 Å². The maximum absolute atomic E-state index is 4.41. The van der Waals surface area contributed by atoms with Crippen LogP contribution < -0.4 is 10.2 Å². The first-order valence-corrected chi connectivity index (χ1v) is 7.01.